The number of alkyl halides is 3. The number of anilines is 4. The monoisotopic (exact) mass is 455 g/mol. The summed E-state index contributed by atoms with van der Waals surface area (Å²) in [5.74, 6) is 0.835. The van der Waals surface area contributed by atoms with E-state index in [-0.39, 0.29) is 6.42 Å². The molecule has 0 atom stereocenters. The lowest BCUT2D eigenvalue weighted by Crippen LogP contribution is -2.16. The summed E-state index contributed by atoms with van der Waals surface area (Å²) in [6.07, 6.45) is 1.85. The highest BCUT2D eigenvalue weighted by molar-refractivity contribution is 5.92. The average Bonchev–Trinajstić information content (AvgIpc) is 3.28. The minimum atomic E-state index is -4.44. The highest BCUT2D eigenvalue weighted by atomic mass is 19.4. The molecular formula is C24H24F3N5O. The largest absolute Gasteiger partial charge is 0.416 e. The van der Waals surface area contributed by atoms with Gasteiger partial charge in [0.25, 0.3) is 0 Å². The molecule has 4 rings (SSSR count). The Kier molecular flexibility index (Phi) is 6.76. The van der Waals surface area contributed by atoms with Crippen molar-refractivity contribution in [2.75, 3.05) is 16.0 Å². The van der Waals surface area contributed by atoms with Crippen molar-refractivity contribution in [2.24, 2.45) is 0 Å². The van der Waals surface area contributed by atoms with Gasteiger partial charge in [0.15, 0.2) is 0 Å². The molecule has 3 aromatic rings. The Hall–Kier alpha value is -3.62. The van der Waals surface area contributed by atoms with Crippen LogP contribution in [0.15, 0.2) is 60.8 Å². The van der Waals surface area contributed by atoms with Crippen molar-refractivity contribution in [1.29, 1.82) is 0 Å². The van der Waals surface area contributed by atoms with Crippen molar-refractivity contribution in [3.63, 3.8) is 0 Å². The number of hydrogen-bond donors (Lipinski definition) is 3. The summed E-state index contributed by atoms with van der Waals surface area (Å²) in [5.41, 5.74) is 0.802. The topological polar surface area (TPSA) is 78.9 Å². The standard InChI is InChI=1S/C24H24F3N5O/c25-24(26,27)17-5-3-4-16(14-17)15-22(33)30-19-8-10-20(11-9-19)31-23-28-13-12-21(32-23)29-18-6-1-2-7-18/h3-5,8-14,18H,1-2,6-7,15H2,(H,30,33)(H2,28,29,31,32). The number of benzene rings is 2. The van der Waals surface area contributed by atoms with Crippen molar-refractivity contribution in [1.82, 2.24) is 9.97 Å². The second-order valence-electron chi connectivity index (χ2n) is 8.02. The number of carbonyl (C=O) groups excluding carboxylic acids is 1. The maximum Gasteiger partial charge on any atom is 0.416 e. The SMILES string of the molecule is O=C(Cc1cccc(C(F)(F)F)c1)Nc1ccc(Nc2nccc(NC3CCCC3)n2)cc1. The van der Waals surface area contributed by atoms with Crippen molar-refractivity contribution in [3.8, 4) is 0 Å². The van der Waals surface area contributed by atoms with E-state index >= 15 is 0 Å². The highest BCUT2D eigenvalue weighted by Crippen LogP contribution is 2.29. The third-order valence-corrected chi connectivity index (χ3v) is 5.41. The maximum absolute atomic E-state index is 12.8. The van der Waals surface area contributed by atoms with Crippen LogP contribution in [0.25, 0.3) is 0 Å². The van der Waals surface area contributed by atoms with E-state index in [1.165, 1.54) is 25.0 Å². The first kappa shape index (κ1) is 22.6. The van der Waals surface area contributed by atoms with Gasteiger partial charge in [-0.15, -0.1) is 0 Å². The molecule has 2 aromatic carbocycles. The van der Waals surface area contributed by atoms with Crippen molar-refractivity contribution in [3.05, 3.63) is 71.9 Å². The minimum absolute atomic E-state index is 0.154. The van der Waals surface area contributed by atoms with E-state index in [9.17, 15) is 18.0 Å². The quantitative estimate of drug-likeness (QED) is 0.421. The first-order valence-electron chi connectivity index (χ1n) is 10.8. The van der Waals surface area contributed by atoms with Crippen LogP contribution in [0.1, 0.15) is 36.8 Å². The van der Waals surface area contributed by atoms with Gasteiger partial charge in [-0.05, 0) is 54.8 Å². The number of rotatable bonds is 7. The van der Waals surface area contributed by atoms with Crippen LogP contribution in [0.3, 0.4) is 0 Å². The van der Waals surface area contributed by atoms with E-state index in [4.69, 9.17) is 0 Å². The summed E-state index contributed by atoms with van der Waals surface area (Å²) in [6.45, 7) is 0. The zero-order chi connectivity index (χ0) is 23.3. The lowest BCUT2D eigenvalue weighted by Gasteiger charge is -2.13. The molecule has 3 N–H and O–H groups in total. The van der Waals surface area contributed by atoms with Crippen LogP contribution in [-0.2, 0) is 17.4 Å². The molecule has 0 aliphatic heterocycles. The molecule has 0 spiro atoms. The molecule has 1 amide bonds. The zero-order valence-corrected chi connectivity index (χ0v) is 17.8. The molecule has 172 valence electrons. The summed E-state index contributed by atoms with van der Waals surface area (Å²) in [7, 11) is 0. The van der Waals surface area contributed by atoms with Gasteiger partial charge in [-0.25, -0.2) is 4.98 Å². The molecule has 0 radical (unpaired) electrons. The molecule has 1 fully saturated rings. The second kappa shape index (κ2) is 9.89. The lowest BCUT2D eigenvalue weighted by molar-refractivity contribution is -0.137. The molecule has 1 aliphatic carbocycles. The molecule has 0 bridgehead atoms. The first-order valence-corrected chi connectivity index (χ1v) is 10.8. The van der Waals surface area contributed by atoms with E-state index in [1.54, 1.807) is 30.5 Å². The maximum atomic E-state index is 12.8. The van der Waals surface area contributed by atoms with Crippen molar-refractivity contribution < 1.29 is 18.0 Å². The number of amides is 1. The van der Waals surface area contributed by atoms with Gasteiger partial charge in [0.05, 0.1) is 12.0 Å². The third kappa shape index (κ3) is 6.44. The fourth-order valence-corrected chi connectivity index (χ4v) is 3.79. The van der Waals surface area contributed by atoms with Crippen LogP contribution in [0.2, 0.25) is 0 Å². The third-order valence-electron chi connectivity index (χ3n) is 5.41. The smallest absolute Gasteiger partial charge is 0.367 e. The number of halogens is 3. The van der Waals surface area contributed by atoms with Crippen molar-refractivity contribution in [2.45, 2.75) is 44.3 Å². The predicted molar refractivity (Wildman–Crippen MR) is 121 cm³/mol. The van der Waals surface area contributed by atoms with Crippen molar-refractivity contribution >= 4 is 29.0 Å². The molecule has 0 saturated heterocycles. The van der Waals surface area contributed by atoms with Gasteiger partial charge in [-0.3, -0.25) is 4.79 Å². The zero-order valence-electron chi connectivity index (χ0n) is 17.8. The first-order chi connectivity index (χ1) is 15.8. The van der Waals surface area contributed by atoms with Gasteiger partial charge < -0.3 is 16.0 Å². The number of hydrogen-bond acceptors (Lipinski definition) is 5. The Labute approximate surface area is 189 Å². The van der Waals surface area contributed by atoms with E-state index in [0.29, 0.717) is 23.2 Å². The van der Waals surface area contributed by atoms with Crippen LogP contribution in [0.5, 0.6) is 0 Å². The number of aromatic nitrogens is 2. The average molecular weight is 455 g/mol. The van der Waals surface area contributed by atoms with Gasteiger partial charge in [0.2, 0.25) is 11.9 Å². The number of nitrogens with zero attached hydrogens (tertiary/aromatic N) is 2. The molecule has 0 unspecified atom stereocenters. The normalized spacial score (nSPS) is 14.2. The molecule has 1 aromatic heterocycles. The Morgan fingerprint density at radius 3 is 2.45 bits per heavy atom. The molecule has 33 heavy (non-hydrogen) atoms. The second-order valence-corrected chi connectivity index (χ2v) is 8.02. The van der Waals surface area contributed by atoms with Crippen LogP contribution < -0.4 is 16.0 Å². The van der Waals surface area contributed by atoms with Gasteiger partial charge >= 0.3 is 6.18 Å². The fourth-order valence-electron chi connectivity index (χ4n) is 3.79. The van der Waals surface area contributed by atoms with E-state index < -0.39 is 17.6 Å². The van der Waals surface area contributed by atoms with Gasteiger partial charge in [-0.1, -0.05) is 31.0 Å². The highest BCUT2D eigenvalue weighted by Gasteiger charge is 2.30. The Morgan fingerprint density at radius 2 is 1.73 bits per heavy atom. The summed E-state index contributed by atoms with van der Waals surface area (Å²) >= 11 is 0. The van der Waals surface area contributed by atoms with Crippen LogP contribution >= 0.6 is 0 Å². The fraction of sp³-hybridized carbons (Fsp3) is 0.292. The number of nitrogens with one attached hydrogen (secondary N) is 3. The van der Waals surface area contributed by atoms with Crippen LogP contribution in [0.4, 0.5) is 36.3 Å². The van der Waals surface area contributed by atoms with Gasteiger partial charge in [-0.2, -0.15) is 18.2 Å². The lowest BCUT2D eigenvalue weighted by atomic mass is 10.1. The van der Waals surface area contributed by atoms with E-state index in [1.807, 2.05) is 6.07 Å². The molecule has 1 saturated carbocycles. The Bertz CT molecular complexity index is 1100. The molecular weight excluding hydrogens is 431 g/mol. The summed E-state index contributed by atoms with van der Waals surface area (Å²) in [4.78, 5) is 21.0. The number of carbonyl (C=O) groups is 1. The van der Waals surface area contributed by atoms with E-state index in [2.05, 4.69) is 25.9 Å². The van der Waals surface area contributed by atoms with Crippen LogP contribution in [0, 0.1) is 0 Å². The van der Waals surface area contributed by atoms with Gasteiger partial charge in [0.1, 0.15) is 5.82 Å². The predicted octanol–water partition coefficient (Wildman–Crippen LogP) is 5.77. The minimum Gasteiger partial charge on any atom is -0.367 e. The van der Waals surface area contributed by atoms with E-state index in [0.717, 1.165) is 36.5 Å². The summed E-state index contributed by atoms with van der Waals surface area (Å²) in [5, 5.41) is 9.26. The molecule has 1 aliphatic rings. The van der Waals surface area contributed by atoms with Crippen LogP contribution in [-0.4, -0.2) is 21.9 Å². The summed E-state index contributed by atoms with van der Waals surface area (Å²) in [6, 6.07) is 14.0. The Balaban J connectivity index is 1.32. The Morgan fingerprint density at radius 1 is 1.00 bits per heavy atom. The molecule has 1 heterocycles. The van der Waals surface area contributed by atoms with Gasteiger partial charge in [0, 0.05) is 23.6 Å². The molecule has 9 heteroatoms. The molecule has 6 nitrogen and oxygen atoms in total. The summed E-state index contributed by atoms with van der Waals surface area (Å²) < 4.78 is 38.5.